The molecule has 0 amide bonds. The SMILES string of the molecule is COc1ccc(C2(N)CC(O)C2)c(C)c1. The fraction of sp³-hybridized carbons (Fsp3) is 0.500. The van der Waals surface area contributed by atoms with E-state index in [2.05, 4.69) is 0 Å². The van der Waals surface area contributed by atoms with E-state index in [0.717, 1.165) is 16.9 Å². The molecule has 0 heterocycles. The van der Waals surface area contributed by atoms with Crippen molar-refractivity contribution in [2.45, 2.75) is 31.4 Å². The molecule has 15 heavy (non-hydrogen) atoms. The van der Waals surface area contributed by atoms with Crippen molar-refractivity contribution < 1.29 is 9.84 Å². The summed E-state index contributed by atoms with van der Waals surface area (Å²) in [6.07, 6.45) is 1.07. The first-order valence-electron chi connectivity index (χ1n) is 5.17. The molecule has 0 unspecified atom stereocenters. The summed E-state index contributed by atoms with van der Waals surface area (Å²) in [5, 5.41) is 9.33. The molecule has 2 rings (SSSR count). The number of aryl methyl sites for hydroxylation is 1. The second-order valence-corrected chi connectivity index (χ2v) is 4.40. The van der Waals surface area contributed by atoms with Crippen LogP contribution in [0.5, 0.6) is 5.75 Å². The average molecular weight is 207 g/mol. The van der Waals surface area contributed by atoms with Crippen LogP contribution in [0.15, 0.2) is 18.2 Å². The Morgan fingerprint density at radius 2 is 2.13 bits per heavy atom. The molecule has 0 atom stereocenters. The van der Waals surface area contributed by atoms with Gasteiger partial charge in [-0.3, -0.25) is 0 Å². The third-order valence-corrected chi connectivity index (χ3v) is 3.17. The number of aliphatic hydroxyl groups excluding tert-OH is 1. The number of hydrogen-bond donors (Lipinski definition) is 2. The van der Waals surface area contributed by atoms with E-state index in [1.807, 2.05) is 25.1 Å². The summed E-state index contributed by atoms with van der Waals surface area (Å²) >= 11 is 0. The fourth-order valence-electron chi connectivity index (χ4n) is 2.32. The maximum absolute atomic E-state index is 9.33. The van der Waals surface area contributed by atoms with Gasteiger partial charge in [0.15, 0.2) is 0 Å². The smallest absolute Gasteiger partial charge is 0.119 e. The number of nitrogens with two attached hydrogens (primary N) is 1. The molecule has 0 aromatic heterocycles. The van der Waals surface area contributed by atoms with Gasteiger partial charge in [0.25, 0.3) is 0 Å². The van der Waals surface area contributed by atoms with Crippen molar-refractivity contribution in [2.24, 2.45) is 5.73 Å². The van der Waals surface area contributed by atoms with E-state index >= 15 is 0 Å². The number of ether oxygens (including phenoxy) is 1. The first-order valence-corrected chi connectivity index (χ1v) is 5.17. The van der Waals surface area contributed by atoms with Gasteiger partial charge in [0.05, 0.1) is 13.2 Å². The van der Waals surface area contributed by atoms with Crippen molar-refractivity contribution in [1.29, 1.82) is 0 Å². The molecule has 1 saturated carbocycles. The lowest BCUT2D eigenvalue weighted by Gasteiger charge is -2.43. The fourth-order valence-corrected chi connectivity index (χ4v) is 2.32. The third-order valence-electron chi connectivity index (χ3n) is 3.17. The third kappa shape index (κ3) is 1.73. The number of methoxy groups -OCH3 is 1. The summed E-state index contributed by atoms with van der Waals surface area (Å²) in [6, 6.07) is 5.90. The molecule has 1 aliphatic carbocycles. The predicted molar refractivity (Wildman–Crippen MR) is 58.8 cm³/mol. The zero-order chi connectivity index (χ0) is 11.1. The van der Waals surface area contributed by atoms with E-state index in [9.17, 15) is 5.11 Å². The second kappa shape index (κ2) is 3.51. The molecule has 0 spiro atoms. The Morgan fingerprint density at radius 3 is 2.60 bits per heavy atom. The van der Waals surface area contributed by atoms with Crippen molar-refractivity contribution in [2.75, 3.05) is 7.11 Å². The van der Waals surface area contributed by atoms with Gasteiger partial charge in [-0.25, -0.2) is 0 Å². The summed E-state index contributed by atoms with van der Waals surface area (Å²) in [6.45, 7) is 2.02. The Balaban J connectivity index is 2.29. The van der Waals surface area contributed by atoms with Gasteiger partial charge in [-0.05, 0) is 43.0 Å². The minimum Gasteiger partial charge on any atom is -0.497 e. The van der Waals surface area contributed by atoms with Crippen LogP contribution in [0.2, 0.25) is 0 Å². The Labute approximate surface area is 89.9 Å². The van der Waals surface area contributed by atoms with Crippen molar-refractivity contribution in [3.05, 3.63) is 29.3 Å². The van der Waals surface area contributed by atoms with Crippen LogP contribution in [0.3, 0.4) is 0 Å². The molecular formula is C12H17NO2. The lowest BCUT2D eigenvalue weighted by molar-refractivity contribution is 0.0206. The number of rotatable bonds is 2. The normalized spacial score (nSPS) is 29.7. The molecule has 3 nitrogen and oxygen atoms in total. The molecule has 0 radical (unpaired) electrons. The summed E-state index contributed by atoms with van der Waals surface area (Å²) < 4.78 is 5.15. The van der Waals surface area contributed by atoms with Gasteiger partial charge in [-0.2, -0.15) is 0 Å². The van der Waals surface area contributed by atoms with E-state index in [0.29, 0.717) is 12.8 Å². The highest BCUT2D eigenvalue weighted by atomic mass is 16.5. The lowest BCUT2D eigenvalue weighted by atomic mass is 9.69. The van der Waals surface area contributed by atoms with Gasteiger partial charge in [0, 0.05) is 5.54 Å². The maximum Gasteiger partial charge on any atom is 0.119 e. The highest BCUT2D eigenvalue weighted by Gasteiger charge is 2.42. The Hall–Kier alpha value is -1.06. The van der Waals surface area contributed by atoms with Crippen LogP contribution in [0, 0.1) is 6.92 Å². The summed E-state index contributed by atoms with van der Waals surface area (Å²) in [4.78, 5) is 0. The molecule has 82 valence electrons. The average Bonchev–Trinajstić information content (AvgIpc) is 2.15. The number of aliphatic hydroxyl groups is 1. The Morgan fingerprint density at radius 1 is 1.47 bits per heavy atom. The maximum atomic E-state index is 9.33. The summed E-state index contributed by atoms with van der Waals surface area (Å²) in [5.41, 5.74) is 8.12. The molecule has 1 aromatic rings. The van der Waals surface area contributed by atoms with Gasteiger partial charge in [0.2, 0.25) is 0 Å². The molecule has 3 N–H and O–H groups in total. The van der Waals surface area contributed by atoms with Crippen molar-refractivity contribution >= 4 is 0 Å². The van der Waals surface area contributed by atoms with Crippen LogP contribution in [0.25, 0.3) is 0 Å². The van der Waals surface area contributed by atoms with E-state index < -0.39 is 0 Å². The van der Waals surface area contributed by atoms with Gasteiger partial charge in [-0.1, -0.05) is 6.07 Å². The highest BCUT2D eigenvalue weighted by Crippen LogP contribution is 2.40. The van der Waals surface area contributed by atoms with Crippen LogP contribution >= 0.6 is 0 Å². The van der Waals surface area contributed by atoms with Gasteiger partial charge in [0.1, 0.15) is 5.75 Å². The number of hydrogen-bond acceptors (Lipinski definition) is 3. The molecular weight excluding hydrogens is 190 g/mol. The first-order chi connectivity index (χ1) is 7.05. The van der Waals surface area contributed by atoms with Crippen LogP contribution in [-0.4, -0.2) is 18.3 Å². The van der Waals surface area contributed by atoms with E-state index in [-0.39, 0.29) is 11.6 Å². The highest BCUT2D eigenvalue weighted by molar-refractivity contribution is 5.40. The van der Waals surface area contributed by atoms with Crippen molar-refractivity contribution in [3.8, 4) is 5.75 Å². The standard InChI is InChI=1S/C12H17NO2/c1-8-5-10(15-2)3-4-11(8)12(13)6-9(14)7-12/h3-5,9,14H,6-7,13H2,1-2H3. The molecule has 1 aromatic carbocycles. The molecule has 1 aliphatic rings. The summed E-state index contributed by atoms with van der Waals surface area (Å²) in [5.74, 6) is 0.847. The Kier molecular flexibility index (Phi) is 2.44. The number of benzene rings is 1. The van der Waals surface area contributed by atoms with Crippen LogP contribution in [-0.2, 0) is 5.54 Å². The van der Waals surface area contributed by atoms with Crippen LogP contribution < -0.4 is 10.5 Å². The van der Waals surface area contributed by atoms with Crippen LogP contribution in [0.1, 0.15) is 24.0 Å². The van der Waals surface area contributed by atoms with Gasteiger partial charge in [-0.15, -0.1) is 0 Å². The van der Waals surface area contributed by atoms with E-state index in [1.165, 1.54) is 0 Å². The molecule has 1 fully saturated rings. The quantitative estimate of drug-likeness (QED) is 0.768. The second-order valence-electron chi connectivity index (χ2n) is 4.40. The largest absolute Gasteiger partial charge is 0.497 e. The molecule has 0 saturated heterocycles. The Bertz CT molecular complexity index is 370. The molecule has 0 aliphatic heterocycles. The zero-order valence-electron chi connectivity index (χ0n) is 9.16. The van der Waals surface area contributed by atoms with Gasteiger partial charge < -0.3 is 15.6 Å². The topological polar surface area (TPSA) is 55.5 Å². The van der Waals surface area contributed by atoms with E-state index in [4.69, 9.17) is 10.5 Å². The minimum absolute atomic E-state index is 0.239. The molecule has 3 heteroatoms. The zero-order valence-corrected chi connectivity index (χ0v) is 9.16. The van der Waals surface area contributed by atoms with Crippen LogP contribution in [0.4, 0.5) is 0 Å². The predicted octanol–water partition coefficient (Wildman–Crippen LogP) is 1.31. The monoisotopic (exact) mass is 207 g/mol. The van der Waals surface area contributed by atoms with Gasteiger partial charge >= 0.3 is 0 Å². The van der Waals surface area contributed by atoms with Crippen molar-refractivity contribution in [3.63, 3.8) is 0 Å². The molecule has 0 bridgehead atoms. The lowest BCUT2D eigenvalue weighted by Crippen LogP contribution is -2.52. The minimum atomic E-state index is -0.338. The first kappa shape index (κ1) is 10.5. The van der Waals surface area contributed by atoms with E-state index in [1.54, 1.807) is 7.11 Å². The van der Waals surface area contributed by atoms with Crippen molar-refractivity contribution in [1.82, 2.24) is 0 Å². The summed E-state index contributed by atoms with van der Waals surface area (Å²) in [7, 11) is 1.65.